The molecule has 0 amide bonds. The maximum Gasteiger partial charge on any atom is 0.244 e. The van der Waals surface area contributed by atoms with E-state index in [1.807, 2.05) is 32.4 Å². The Balaban J connectivity index is 3.05. The molecule has 0 aliphatic rings. The van der Waals surface area contributed by atoms with E-state index in [1.54, 1.807) is 19.4 Å². The number of likely N-dealkylation sites (N-methyl/N-ethyl adjacent to an activating group) is 1. The van der Waals surface area contributed by atoms with Gasteiger partial charge in [0.2, 0.25) is 10.0 Å². The lowest BCUT2D eigenvalue weighted by atomic mass is 10.4. The van der Waals surface area contributed by atoms with Crippen LogP contribution in [0.1, 0.15) is 26.5 Å². The number of methoxy groups -OCH3 is 1. The molecule has 0 saturated carbocycles. The van der Waals surface area contributed by atoms with Gasteiger partial charge >= 0.3 is 0 Å². The van der Waals surface area contributed by atoms with E-state index >= 15 is 0 Å². The van der Waals surface area contributed by atoms with E-state index in [0.717, 1.165) is 12.2 Å². The molecule has 0 bridgehead atoms. The fraction of sp³-hybridized carbons (Fsp3) is 0.714. The molecule has 0 radical (unpaired) electrons. The summed E-state index contributed by atoms with van der Waals surface area (Å²) < 4.78 is 33.9. The number of sulfonamides is 1. The molecule has 1 N–H and O–H groups in total. The molecule has 0 aliphatic carbocycles. The highest BCUT2D eigenvalue weighted by atomic mass is 32.2. The highest BCUT2D eigenvalue weighted by Crippen LogP contribution is 2.20. The highest BCUT2D eigenvalue weighted by Gasteiger charge is 2.29. The van der Waals surface area contributed by atoms with Gasteiger partial charge in [0.15, 0.2) is 0 Å². The zero-order valence-electron chi connectivity index (χ0n) is 13.6. The predicted octanol–water partition coefficient (Wildman–Crippen LogP) is 1.18. The Kier molecular flexibility index (Phi) is 6.86. The molecule has 1 unspecified atom stereocenters. The molecule has 1 rings (SSSR count). The van der Waals surface area contributed by atoms with E-state index in [9.17, 15) is 8.42 Å². The molecule has 7 heteroatoms. The van der Waals surface area contributed by atoms with Crippen LogP contribution in [-0.4, -0.2) is 50.1 Å². The van der Waals surface area contributed by atoms with Crippen molar-refractivity contribution in [1.29, 1.82) is 0 Å². The van der Waals surface area contributed by atoms with Gasteiger partial charge in [-0.15, -0.1) is 0 Å². The first-order valence-electron chi connectivity index (χ1n) is 7.25. The fourth-order valence-corrected chi connectivity index (χ4v) is 4.05. The van der Waals surface area contributed by atoms with Crippen molar-refractivity contribution in [1.82, 2.24) is 14.2 Å². The van der Waals surface area contributed by atoms with Crippen LogP contribution in [0.4, 0.5) is 0 Å². The number of ether oxygens (including phenoxy) is 1. The van der Waals surface area contributed by atoms with Gasteiger partial charge in [0.1, 0.15) is 4.90 Å². The Hall–Kier alpha value is -0.890. The Morgan fingerprint density at radius 1 is 1.43 bits per heavy atom. The second-order valence-corrected chi connectivity index (χ2v) is 6.96. The van der Waals surface area contributed by atoms with Gasteiger partial charge < -0.3 is 14.6 Å². The first-order chi connectivity index (χ1) is 9.88. The first-order valence-corrected chi connectivity index (χ1v) is 8.69. The predicted molar refractivity (Wildman–Crippen MR) is 83.7 cm³/mol. The number of aryl methyl sites for hydroxylation is 1. The van der Waals surface area contributed by atoms with Gasteiger partial charge in [-0.25, -0.2) is 8.42 Å². The zero-order valence-corrected chi connectivity index (χ0v) is 14.4. The molecule has 6 nitrogen and oxygen atoms in total. The Labute approximate surface area is 128 Å². The quantitative estimate of drug-likeness (QED) is 0.743. The van der Waals surface area contributed by atoms with Crippen molar-refractivity contribution in [3.05, 3.63) is 18.0 Å². The summed E-state index contributed by atoms with van der Waals surface area (Å²) in [5.41, 5.74) is 0.950. The first kappa shape index (κ1) is 18.2. The molecular formula is C14H27N3O3S. The SMILES string of the molecule is CCNCc1cc(S(=O)(=O)N(CC)C(C)COC)cn1C. The topological polar surface area (TPSA) is 63.6 Å². The number of rotatable bonds is 9. The Morgan fingerprint density at radius 2 is 2.10 bits per heavy atom. The third-order valence-corrected chi connectivity index (χ3v) is 5.51. The number of nitrogens with zero attached hydrogens (tertiary/aromatic N) is 2. The van der Waals surface area contributed by atoms with Gasteiger partial charge in [0.05, 0.1) is 6.61 Å². The lowest BCUT2D eigenvalue weighted by Crippen LogP contribution is -2.40. The molecule has 0 spiro atoms. The average molecular weight is 317 g/mol. The third kappa shape index (κ3) is 4.29. The summed E-state index contributed by atoms with van der Waals surface area (Å²) in [6.45, 7) is 8.01. The molecule has 21 heavy (non-hydrogen) atoms. The maximum absolute atomic E-state index is 12.8. The van der Waals surface area contributed by atoms with E-state index in [-0.39, 0.29) is 6.04 Å². The molecule has 0 aromatic carbocycles. The van der Waals surface area contributed by atoms with E-state index in [4.69, 9.17) is 4.74 Å². The fourth-order valence-electron chi connectivity index (χ4n) is 2.33. The van der Waals surface area contributed by atoms with Crippen molar-refractivity contribution in [2.24, 2.45) is 7.05 Å². The average Bonchev–Trinajstić information content (AvgIpc) is 2.79. The standard InChI is InChI=1S/C14H27N3O3S/c1-6-15-9-13-8-14(10-16(13)4)21(18,19)17(7-2)12(3)11-20-5/h8,10,12,15H,6-7,9,11H2,1-5H3. The van der Waals surface area contributed by atoms with Gasteiger partial charge in [0.25, 0.3) is 0 Å². The summed E-state index contributed by atoms with van der Waals surface area (Å²) in [5.74, 6) is 0. The van der Waals surface area contributed by atoms with Crippen LogP contribution in [0, 0.1) is 0 Å². The zero-order chi connectivity index (χ0) is 16.0. The lowest BCUT2D eigenvalue weighted by molar-refractivity contribution is 0.142. The van der Waals surface area contributed by atoms with Gasteiger partial charge in [-0.3, -0.25) is 0 Å². The Morgan fingerprint density at radius 3 is 2.62 bits per heavy atom. The minimum absolute atomic E-state index is 0.192. The molecule has 0 aliphatic heterocycles. The van der Waals surface area contributed by atoms with E-state index in [2.05, 4.69) is 5.32 Å². The van der Waals surface area contributed by atoms with Gasteiger partial charge in [-0.1, -0.05) is 13.8 Å². The van der Waals surface area contributed by atoms with Crippen LogP contribution >= 0.6 is 0 Å². The maximum atomic E-state index is 12.8. The number of hydrogen-bond acceptors (Lipinski definition) is 4. The minimum Gasteiger partial charge on any atom is -0.383 e. The molecular weight excluding hydrogens is 290 g/mol. The van der Waals surface area contributed by atoms with E-state index in [0.29, 0.717) is 24.6 Å². The molecule has 1 heterocycles. The molecule has 1 atom stereocenters. The summed E-state index contributed by atoms with van der Waals surface area (Å²) in [7, 11) is -0.0555. The third-order valence-electron chi connectivity index (χ3n) is 3.46. The summed E-state index contributed by atoms with van der Waals surface area (Å²) in [6.07, 6.45) is 1.67. The van der Waals surface area contributed by atoms with Crippen LogP contribution < -0.4 is 5.32 Å². The number of nitrogens with one attached hydrogen (secondary N) is 1. The molecule has 1 aromatic rings. The van der Waals surface area contributed by atoms with Crippen molar-refractivity contribution >= 4 is 10.0 Å². The molecule has 122 valence electrons. The lowest BCUT2D eigenvalue weighted by Gasteiger charge is -2.26. The van der Waals surface area contributed by atoms with Crippen molar-refractivity contribution in [2.75, 3.05) is 26.8 Å². The van der Waals surface area contributed by atoms with Crippen LogP contribution in [0.15, 0.2) is 17.2 Å². The second-order valence-electron chi connectivity index (χ2n) is 5.07. The van der Waals surface area contributed by atoms with Crippen molar-refractivity contribution < 1.29 is 13.2 Å². The van der Waals surface area contributed by atoms with E-state index < -0.39 is 10.0 Å². The normalized spacial score (nSPS) is 13.8. The van der Waals surface area contributed by atoms with Gasteiger partial charge in [-0.2, -0.15) is 4.31 Å². The van der Waals surface area contributed by atoms with Crippen molar-refractivity contribution in [3.8, 4) is 0 Å². The van der Waals surface area contributed by atoms with Crippen LogP contribution in [0.3, 0.4) is 0 Å². The highest BCUT2D eigenvalue weighted by molar-refractivity contribution is 7.89. The summed E-state index contributed by atoms with van der Waals surface area (Å²) >= 11 is 0. The second kappa shape index (κ2) is 7.93. The summed E-state index contributed by atoms with van der Waals surface area (Å²) in [4.78, 5) is 0.336. The monoisotopic (exact) mass is 317 g/mol. The molecule has 0 saturated heterocycles. The number of aromatic nitrogens is 1. The van der Waals surface area contributed by atoms with Crippen molar-refractivity contribution in [2.45, 2.75) is 38.3 Å². The molecule has 1 aromatic heterocycles. The van der Waals surface area contributed by atoms with Crippen LogP contribution in [0.25, 0.3) is 0 Å². The molecule has 0 fully saturated rings. The number of hydrogen-bond donors (Lipinski definition) is 1. The van der Waals surface area contributed by atoms with Crippen LogP contribution in [0.2, 0.25) is 0 Å². The van der Waals surface area contributed by atoms with Gasteiger partial charge in [-0.05, 0) is 19.5 Å². The minimum atomic E-state index is -3.49. The van der Waals surface area contributed by atoms with E-state index in [1.165, 1.54) is 4.31 Å². The summed E-state index contributed by atoms with van der Waals surface area (Å²) in [6, 6.07) is 1.54. The smallest absolute Gasteiger partial charge is 0.244 e. The Bertz CT molecular complexity index is 540. The van der Waals surface area contributed by atoms with Crippen LogP contribution in [-0.2, 0) is 28.4 Å². The largest absolute Gasteiger partial charge is 0.383 e. The van der Waals surface area contributed by atoms with Gasteiger partial charge in [0, 0.05) is 45.2 Å². The van der Waals surface area contributed by atoms with Crippen molar-refractivity contribution in [3.63, 3.8) is 0 Å². The van der Waals surface area contributed by atoms with Crippen LogP contribution in [0.5, 0.6) is 0 Å². The summed E-state index contributed by atoms with van der Waals surface area (Å²) in [5, 5.41) is 3.21.